The molecule has 1 aromatic carbocycles. The summed E-state index contributed by atoms with van der Waals surface area (Å²) in [6, 6.07) is 2.77. The summed E-state index contributed by atoms with van der Waals surface area (Å²) in [6.07, 6.45) is -9.59. The van der Waals surface area contributed by atoms with E-state index in [2.05, 4.69) is 10.7 Å². The molecule has 0 aliphatic carbocycles. The highest BCUT2D eigenvalue weighted by Crippen LogP contribution is 2.29. The summed E-state index contributed by atoms with van der Waals surface area (Å²) in [7, 11) is -2.56. The van der Waals surface area contributed by atoms with Crippen LogP contribution in [0.1, 0.15) is 0 Å². The molecule has 2 N–H and O–H groups in total. The second-order valence-electron chi connectivity index (χ2n) is 3.71. The van der Waals surface area contributed by atoms with Crippen LogP contribution in [0.3, 0.4) is 0 Å². The molecule has 118 valence electrons. The van der Waals surface area contributed by atoms with Crippen molar-refractivity contribution in [2.24, 2.45) is 10.7 Å². The third kappa shape index (κ3) is 5.54. The van der Waals surface area contributed by atoms with Gasteiger partial charge in [-0.05, 0) is 18.2 Å². The van der Waals surface area contributed by atoms with Gasteiger partial charge in [0.25, 0.3) is 0 Å². The maximum Gasteiger partial charge on any atom is 0.448 e. The molecule has 1 atom stereocenters. The standard InChI is InChI=1S/C10H7ClF6N2OS/c11-6-2-1-5(19-8(18)10(15,16)17)3-7(6)21(20)4-9(12,13)14/h1-3H,4H2,(H2,18,19). The van der Waals surface area contributed by atoms with Crippen molar-refractivity contribution in [2.45, 2.75) is 17.2 Å². The van der Waals surface area contributed by atoms with Crippen LogP contribution in [0.5, 0.6) is 0 Å². The van der Waals surface area contributed by atoms with Crippen molar-refractivity contribution in [3.05, 3.63) is 23.2 Å². The summed E-state index contributed by atoms with van der Waals surface area (Å²) in [4.78, 5) is 2.54. The van der Waals surface area contributed by atoms with Crippen LogP contribution in [-0.2, 0) is 10.8 Å². The number of alkyl halides is 6. The van der Waals surface area contributed by atoms with Gasteiger partial charge in [0.1, 0.15) is 5.75 Å². The fraction of sp³-hybridized carbons (Fsp3) is 0.300. The van der Waals surface area contributed by atoms with Crippen LogP contribution < -0.4 is 5.73 Å². The number of nitrogens with zero attached hydrogens (tertiary/aromatic N) is 1. The van der Waals surface area contributed by atoms with Gasteiger partial charge in [-0.25, -0.2) is 4.99 Å². The van der Waals surface area contributed by atoms with E-state index < -0.39 is 45.3 Å². The van der Waals surface area contributed by atoms with Gasteiger partial charge in [0.2, 0.25) is 5.84 Å². The molecule has 11 heteroatoms. The summed E-state index contributed by atoms with van der Waals surface area (Å²) in [5.41, 5.74) is 4.28. The zero-order valence-electron chi connectivity index (χ0n) is 9.93. The van der Waals surface area contributed by atoms with Crippen molar-refractivity contribution in [3.63, 3.8) is 0 Å². The Morgan fingerprint density at radius 1 is 1.24 bits per heavy atom. The number of halogens is 7. The molecule has 0 fully saturated rings. The highest BCUT2D eigenvalue weighted by molar-refractivity contribution is 7.85. The second kappa shape index (κ2) is 6.22. The SMILES string of the molecule is NC(=Nc1ccc(Cl)c(S(=O)CC(F)(F)F)c1)C(F)(F)F. The molecular weight excluding hydrogens is 346 g/mol. The quantitative estimate of drug-likeness (QED) is 0.514. The van der Waals surface area contributed by atoms with Gasteiger partial charge in [-0.2, -0.15) is 26.3 Å². The van der Waals surface area contributed by atoms with E-state index in [9.17, 15) is 30.6 Å². The predicted octanol–water partition coefficient (Wildman–Crippen LogP) is 3.56. The molecule has 0 saturated heterocycles. The first kappa shape index (κ1) is 17.8. The lowest BCUT2D eigenvalue weighted by molar-refractivity contribution is -0.105. The summed E-state index contributed by atoms with van der Waals surface area (Å²) in [5, 5.41) is -0.276. The average molecular weight is 353 g/mol. The normalized spacial score (nSPS) is 15.1. The first-order chi connectivity index (χ1) is 9.40. The van der Waals surface area contributed by atoms with Gasteiger partial charge in [-0.1, -0.05) is 11.6 Å². The molecule has 0 aliphatic rings. The molecule has 0 heterocycles. The van der Waals surface area contributed by atoms with E-state index in [0.29, 0.717) is 0 Å². The fourth-order valence-electron chi connectivity index (χ4n) is 1.16. The van der Waals surface area contributed by atoms with Crippen LogP contribution in [0.2, 0.25) is 5.02 Å². The Bertz CT molecular complexity index is 584. The van der Waals surface area contributed by atoms with Gasteiger partial charge in [0, 0.05) is 0 Å². The minimum atomic E-state index is -4.88. The minimum Gasteiger partial charge on any atom is -0.380 e. The van der Waals surface area contributed by atoms with E-state index in [0.717, 1.165) is 18.2 Å². The summed E-state index contributed by atoms with van der Waals surface area (Å²) in [5.74, 6) is -3.35. The number of rotatable bonds is 3. The zero-order valence-corrected chi connectivity index (χ0v) is 11.5. The number of aliphatic imine (C=N–C) groups is 1. The average Bonchev–Trinajstić information content (AvgIpc) is 2.27. The summed E-state index contributed by atoms with van der Waals surface area (Å²) in [6.45, 7) is 0. The van der Waals surface area contributed by atoms with Gasteiger partial charge >= 0.3 is 12.4 Å². The third-order valence-corrected chi connectivity index (χ3v) is 3.85. The van der Waals surface area contributed by atoms with Gasteiger partial charge in [-0.15, -0.1) is 0 Å². The molecule has 0 bridgehead atoms. The number of hydrogen-bond acceptors (Lipinski definition) is 2. The van der Waals surface area contributed by atoms with Crippen LogP contribution in [0, 0.1) is 0 Å². The Kier molecular flexibility index (Phi) is 5.26. The number of benzene rings is 1. The first-order valence-corrected chi connectivity index (χ1v) is 6.76. The van der Waals surface area contributed by atoms with Crippen molar-refractivity contribution in [3.8, 4) is 0 Å². The van der Waals surface area contributed by atoms with E-state index >= 15 is 0 Å². The Morgan fingerprint density at radius 2 is 1.81 bits per heavy atom. The molecular formula is C10H7ClF6N2OS. The van der Waals surface area contributed by atoms with E-state index in [1.54, 1.807) is 0 Å². The zero-order chi connectivity index (χ0) is 16.4. The molecule has 0 aliphatic heterocycles. The maximum absolute atomic E-state index is 12.2. The smallest absolute Gasteiger partial charge is 0.380 e. The summed E-state index contributed by atoms with van der Waals surface area (Å²) >= 11 is 5.58. The Morgan fingerprint density at radius 3 is 2.29 bits per heavy atom. The molecule has 21 heavy (non-hydrogen) atoms. The highest BCUT2D eigenvalue weighted by atomic mass is 35.5. The summed E-state index contributed by atoms with van der Waals surface area (Å²) < 4.78 is 84.6. The second-order valence-corrected chi connectivity index (χ2v) is 5.54. The highest BCUT2D eigenvalue weighted by Gasteiger charge is 2.34. The molecule has 1 unspecified atom stereocenters. The molecule has 0 aromatic heterocycles. The minimum absolute atomic E-state index is 0.276. The molecule has 0 amide bonds. The first-order valence-electron chi connectivity index (χ1n) is 5.06. The van der Waals surface area contributed by atoms with Crippen molar-refractivity contribution >= 4 is 33.9 Å². The fourth-order valence-corrected chi connectivity index (χ4v) is 2.53. The molecule has 1 aromatic rings. The number of amidine groups is 1. The largest absolute Gasteiger partial charge is 0.448 e. The van der Waals surface area contributed by atoms with E-state index in [1.165, 1.54) is 0 Å². The van der Waals surface area contributed by atoms with Crippen LogP contribution in [0.25, 0.3) is 0 Å². The van der Waals surface area contributed by atoms with Crippen LogP contribution >= 0.6 is 11.6 Å². The molecule has 0 radical (unpaired) electrons. The number of nitrogens with two attached hydrogens (primary N) is 1. The van der Waals surface area contributed by atoms with Crippen LogP contribution in [0.15, 0.2) is 28.1 Å². The lowest BCUT2D eigenvalue weighted by atomic mass is 10.3. The topological polar surface area (TPSA) is 55.4 Å². The third-order valence-electron chi connectivity index (χ3n) is 1.99. The van der Waals surface area contributed by atoms with Crippen molar-refractivity contribution in [1.29, 1.82) is 0 Å². The lowest BCUT2D eigenvalue weighted by Crippen LogP contribution is -2.30. The van der Waals surface area contributed by atoms with Gasteiger partial charge < -0.3 is 5.73 Å². The lowest BCUT2D eigenvalue weighted by Gasteiger charge is -2.09. The Hall–Kier alpha value is -1.29. The van der Waals surface area contributed by atoms with E-state index in [-0.39, 0.29) is 5.02 Å². The predicted molar refractivity (Wildman–Crippen MR) is 66.1 cm³/mol. The van der Waals surface area contributed by atoms with Crippen LogP contribution in [0.4, 0.5) is 32.0 Å². The molecule has 0 saturated carbocycles. The van der Waals surface area contributed by atoms with Gasteiger partial charge in [0.15, 0.2) is 0 Å². The van der Waals surface area contributed by atoms with Gasteiger partial charge in [-0.3, -0.25) is 4.21 Å². The monoisotopic (exact) mass is 352 g/mol. The molecule has 0 spiro atoms. The molecule has 3 nitrogen and oxygen atoms in total. The number of hydrogen-bond donors (Lipinski definition) is 1. The maximum atomic E-state index is 12.2. The Labute approximate surface area is 122 Å². The van der Waals surface area contributed by atoms with Crippen molar-refractivity contribution < 1.29 is 30.6 Å². The van der Waals surface area contributed by atoms with E-state index in [4.69, 9.17) is 11.6 Å². The Balaban J connectivity index is 3.15. The van der Waals surface area contributed by atoms with Crippen molar-refractivity contribution in [1.82, 2.24) is 0 Å². The molecule has 1 rings (SSSR count). The van der Waals surface area contributed by atoms with Gasteiger partial charge in [0.05, 0.1) is 26.4 Å². The van der Waals surface area contributed by atoms with E-state index in [1.807, 2.05) is 0 Å². The van der Waals surface area contributed by atoms with Crippen LogP contribution in [-0.4, -0.2) is 28.1 Å². The van der Waals surface area contributed by atoms with Crippen molar-refractivity contribution in [2.75, 3.05) is 5.75 Å².